The predicted octanol–water partition coefficient (Wildman–Crippen LogP) is 2.43. The van der Waals surface area contributed by atoms with Crippen molar-refractivity contribution in [1.82, 2.24) is 20.1 Å². The van der Waals surface area contributed by atoms with Crippen LogP contribution in [0.3, 0.4) is 0 Å². The number of morpholine rings is 1. The van der Waals surface area contributed by atoms with Gasteiger partial charge in [-0.05, 0) is 24.5 Å². The molecule has 158 valence electrons. The summed E-state index contributed by atoms with van der Waals surface area (Å²) < 4.78 is 5.55. The Balaban J connectivity index is 0.00000140. The highest BCUT2D eigenvalue weighted by molar-refractivity contribution is 5.85. The number of halogens is 2. The number of nitrogens with one attached hydrogen (secondary N) is 1. The van der Waals surface area contributed by atoms with Gasteiger partial charge in [-0.2, -0.15) is 0 Å². The first-order chi connectivity index (χ1) is 12.8. The molecule has 2 saturated heterocycles. The Morgan fingerprint density at radius 2 is 1.96 bits per heavy atom. The summed E-state index contributed by atoms with van der Waals surface area (Å²) in [4.78, 5) is 22.3. The number of pyridine rings is 1. The molecule has 1 amide bonds. The Labute approximate surface area is 180 Å². The van der Waals surface area contributed by atoms with Crippen molar-refractivity contribution < 1.29 is 9.53 Å². The molecule has 28 heavy (non-hydrogen) atoms. The van der Waals surface area contributed by atoms with E-state index in [0.717, 1.165) is 64.3 Å². The molecular formula is C20H32Cl2N4O2. The van der Waals surface area contributed by atoms with Gasteiger partial charge in [0, 0.05) is 57.1 Å². The lowest BCUT2D eigenvalue weighted by molar-refractivity contribution is -0.139. The van der Waals surface area contributed by atoms with E-state index >= 15 is 0 Å². The zero-order chi connectivity index (χ0) is 17.8. The predicted molar refractivity (Wildman–Crippen MR) is 114 cm³/mol. The summed E-state index contributed by atoms with van der Waals surface area (Å²) in [6.45, 7) is 5.96. The maximum absolute atomic E-state index is 13.4. The minimum absolute atomic E-state index is 0. The van der Waals surface area contributed by atoms with Crippen LogP contribution >= 0.6 is 24.8 Å². The monoisotopic (exact) mass is 430 g/mol. The Hall–Kier alpha value is -0.920. The number of hydrogen-bond donors (Lipinski definition) is 1. The van der Waals surface area contributed by atoms with Gasteiger partial charge in [-0.15, -0.1) is 24.8 Å². The number of carbonyl (C=O) groups excluding carboxylic acids is 1. The van der Waals surface area contributed by atoms with E-state index in [2.05, 4.69) is 26.2 Å². The van der Waals surface area contributed by atoms with Gasteiger partial charge in [0.05, 0.1) is 19.3 Å². The van der Waals surface area contributed by atoms with Gasteiger partial charge in [-0.1, -0.05) is 18.9 Å². The summed E-state index contributed by atoms with van der Waals surface area (Å²) in [5, 5.41) is 3.44. The molecule has 1 N–H and O–H groups in total. The van der Waals surface area contributed by atoms with E-state index in [1.165, 1.54) is 12.8 Å². The number of ether oxygens (including phenoxy) is 1. The fourth-order valence-electron chi connectivity index (χ4n) is 4.93. The quantitative estimate of drug-likeness (QED) is 0.794. The fraction of sp³-hybridized carbons (Fsp3) is 0.700. The van der Waals surface area contributed by atoms with Gasteiger partial charge in [0.25, 0.3) is 0 Å². The van der Waals surface area contributed by atoms with Crippen molar-refractivity contribution in [3.63, 3.8) is 0 Å². The van der Waals surface area contributed by atoms with Crippen LogP contribution in [0.2, 0.25) is 0 Å². The smallest absolute Gasteiger partial charge is 0.225 e. The average Bonchev–Trinajstić information content (AvgIpc) is 3.19. The van der Waals surface area contributed by atoms with Gasteiger partial charge in [0.1, 0.15) is 0 Å². The molecule has 4 rings (SSSR count). The molecule has 1 unspecified atom stereocenters. The Morgan fingerprint density at radius 3 is 2.64 bits per heavy atom. The van der Waals surface area contributed by atoms with Crippen LogP contribution in [0, 0.1) is 0 Å². The van der Waals surface area contributed by atoms with E-state index in [9.17, 15) is 4.79 Å². The first kappa shape index (κ1) is 23.4. The maximum atomic E-state index is 13.4. The van der Waals surface area contributed by atoms with Crippen molar-refractivity contribution in [2.75, 3.05) is 45.9 Å². The summed E-state index contributed by atoms with van der Waals surface area (Å²) in [5.41, 5.74) is 1.17. The molecule has 8 heteroatoms. The average molecular weight is 431 g/mol. The van der Waals surface area contributed by atoms with Gasteiger partial charge in [0.2, 0.25) is 5.91 Å². The van der Waals surface area contributed by atoms with Crippen LogP contribution in [0.15, 0.2) is 24.5 Å². The maximum Gasteiger partial charge on any atom is 0.225 e. The number of nitrogens with zero attached hydrogens (tertiary/aromatic N) is 3. The molecule has 0 spiro atoms. The summed E-state index contributed by atoms with van der Waals surface area (Å²) in [5.74, 6) is 0.300. The molecule has 1 saturated carbocycles. The number of carbonyl (C=O) groups is 1. The largest absolute Gasteiger partial charge is 0.379 e. The van der Waals surface area contributed by atoms with Crippen LogP contribution in [0.25, 0.3) is 0 Å². The second-order valence-corrected chi connectivity index (χ2v) is 7.80. The molecule has 1 atom stereocenters. The normalized spacial score (nSPS) is 24.9. The second-order valence-electron chi connectivity index (χ2n) is 7.80. The van der Waals surface area contributed by atoms with Gasteiger partial charge in [-0.25, -0.2) is 0 Å². The molecule has 0 radical (unpaired) electrons. The first-order valence-corrected chi connectivity index (χ1v) is 10.0. The van der Waals surface area contributed by atoms with Crippen molar-refractivity contribution in [1.29, 1.82) is 0 Å². The van der Waals surface area contributed by atoms with Crippen molar-refractivity contribution in [3.8, 4) is 0 Å². The summed E-state index contributed by atoms with van der Waals surface area (Å²) in [6, 6.07) is 4.13. The summed E-state index contributed by atoms with van der Waals surface area (Å²) >= 11 is 0. The molecule has 1 aromatic heterocycles. The van der Waals surface area contributed by atoms with Gasteiger partial charge >= 0.3 is 0 Å². The number of rotatable bonds is 4. The van der Waals surface area contributed by atoms with E-state index < -0.39 is 0 Å². The van der Waals surface area contributed by atoms with Gasteiger partial charge < -0.3 is 15.0 Å². The van der Waals surface area contributed by atoms with Gasteiger partial charge in [0.15, 0.2) is 0 Å². The molecule has 0 aromatic carbocycles. The van der Waals surface area contributed by atoms with Crippen LogP contribution in [0.1, 0.15) is 43.7 Å². The standard InChI is InChI=1S/C20H30N4O2.2ClH/c25-19(14-20(5-1-2-6-20)23-10-12-26-13-11-23)24-9-8-22-16-18(24)17-4-3-7-21-15-17;;/h3-4,7,15,18,22H,1-2,5-6,8-14,16H2;2*1H. The third kappa shape index (κ3) is 4.97. The third-order valence-corrected chi connectivity index (χ3v) is 6.33. The molecule has 3 fully saturated rings. The second kappa shape index (κ2) is 10.7. The van der Waals surface area contributed by atoms with Crippen LogP contribution in [-0.4, -0.2) is 72.2 Å². The lowest BCUT2D eigenvalue weighted by Crippen LogP contribution is -2.56. The fourth-order valence-corrected chi connectivity index (χ4v) is 4.93. The van der Waals surface area contributed by atoms with Crippen molar-refractivity contribution in [2.45, 2.75) is 43.7 Å². The van der Waals surface area contributed by atoms with Crippen molar-refractivity contribution >= 4 is 30.7 Å². The van der Waals surface area contributed by atoms with Gasteiger partial charge in [-0.3, -0.25) is 14.7 Å². The first-order valence-electron chi connectivity index (χ1n) is 10.0. The lowest BCUT2D eigenvalue weighted by Gasteiger charge is -2.45. The molecule has 6 nitrogen and oxygen atoms in total. The number of hydrogen-bond acceptors (Lipinski definition) is 5. The van der Waals surface area contributed by atoms with Crippen LogP contribution in [-0.2, 0) is 9.53 Å². The highest BCUT2D eigenvalue weighted by atomic mass is 35.5. The summed E-state index contributed by atoms with van der Waals surface area (Å²) in [7, 11) is 0. The molecule has 2 aliphatic heterocycles. The van der Waals surface area contributed by atoms with E-state index in [0.29, 0.717) is 12.3 Å². The van der Waals surface area contributed by atoms with E-state index in [1.54, 1.807) is 6.20 Å². The number of aromatic nitrogens is 1. The molecule has 3 heterocycles. The Morgan fingerprint density at radius 1 is 1.21 bits per heavy atom. The molecular weight excluding hydrogens is 399 g/mol. The highest BCUT2D eigenvalue weighted by Crippen LogP contribution is 2.39. The minimum atomic E-state index is 0. The Bertz CT molecular complexity index is 607. The molecule has 3 aliphatic rings. The SMILES string of the molecule is Cl.Cl.O=C(CC1(N2CCOCC2)CCCC1)N1CCNCC1c1cccnc1. The van der Waals surface area contributed by atoms with Crippen molar-refractivity contribution in [2.24, 2.45) is 0 Å². The van der Waals surface area contributed by atoms with Crippen molar-refractivity contribution in [3.05, 3.63) is 30.1 Å². The lowest BCUT2D eigenvalue weighted by atomic mass is 9.89. The number of amides is 1. The van der Waals surface area contributed by atoms with E-state index in [1.807, 2.05) is 12.3 Å². The zero-order valence-electron chi connectivity index (χ0n) is 16.3. The van der Waals surface area contributed by atoms with E-state index in [-0.39, 0.29) is 36.4 Å². The minimum Gasteiger partial charge on any atom is -0.379 e. The third-order valence-electron chi connectivity index (χ3n) is 6.33. The number of piperazine rings is 1. The van der Waals surface area contributed by atoms with Crippen LogP contribution in [0.4, 0.5) is 0 Å². The molecule has 1 aromatic rings. The topological polar surface area (TPSA) is 57.7 Å². The van der Waals surface area contributed by atoms with Crippen LogP contribution in [0.5, 0.6) is 0 Å². The summed E-state index contributed by atoms with van der Waals surface area (Å²) in [6.07, 6.45) is 9.08. The Kier molecular flexibility index (Phi) is 8.96. The molecule has 0 bridgehead atoms. The highest BCUT2D eigenvalue weighted by Gasteiger charge is 2.43. The van der Waals surface area contributed by atoms with Crippen LogP contribution < -0.4 is 5.32 Å². The molecule has 1 aliphatic carbocycles. The zero-order valence-corrected chi connectivity index (χ0v) is 18.0. The van der Waals surface area contributed by atoms with E-state index in [4.69, 9.17) is 4.74 Å².